The maximum atomic E-state index is 10.2. The number of benzene rings is 1. The number of anilines is 1. The van der Waals surface area contributed by atoms with Crippen LogP contribution in [0, 0.1) is 10.1 Å². The van der Waals surface area contributed by atoms with Gasteiger partial charge in [0.15, 0.2) is 0 Å². The molecule has 0 aliphatic heterocycles. The van der Waals surface area contributed by atoms with Gasteiger partial charge in [0, 0.05) is 17.8 Å². The highest BCUT2D eigenvalue weighted by molar-refractivity contribution is 7.73. The number of nitro benzene ring substituents is 1. The number of nitro groups is 1. The predicted molar refractivity (Wildman–Crippen MR) is 47.0 cm³/mol. The number of hydrogen-bond donors (Lipinski definition) is 2. The second-order valence-corrected chi connectivity index (χ2v) is 2.91. The molecule has 7 heteroatoms. The Morgan fingerprint density at radius 1 is 1.23 bits per heavy atom. The Kier molecular flexibility index (Phi) is 2.80. The van der Waals surface area contributed by atoms with Crippen molar-refractivity contribution in [3.63, 3.8) is 0 Å². The maximum absolute atomic E-state index is 10.2. The van der Waals surface area contributed by atoms with Crippen molar-refractivity contribution in [2.75, 3.05) is 4.72 Å². The summed E-state index contributed by atoms with van der Waals surface area (Å²) in [6.45, 7) is 0. The van der Waals surface area contributed by atoms with E-state index in [4.69, 9.17) is 0 Å². The molecule has 0 atom stereocenters. The molecule has 0 saturated heterocycles. The van der Waals surface area contributed by atoms with Gasteiger partial charge in [-0.25, -0.2) is 8.42 Å². The smallest absolute Gasteiger partial charge is 0.269 e. The van der Waals surface area contributed by atoms with Crippen LogP contribution >= 0.6 is 0 Å². The topological polar surface area (TPSA) is 89.3 Å². The lowest BCUT2D eigenvalue weighted by Crippen LogP contribution is -1.94. The molecule has 0 aliphatic rings. The fourth-order valence-electron chi connectivity index (χ4n) is 0.763. The number of nitrogens with zero attached hydrogens (tertiary/aromatic N) is 1. The molecule has 1 N–H and O–H groups in total. The van der Waals surface area contributed by atoms with E-state index in [1.54, 1.807) is 0 Å². The summed E-state index contributed by atoms with van der Waals surface area (Å²) < 4.78 is 22.5. The number of non-ortho nitro benzene ring substituents is 1. The fraction of sp³-hybridized carbons (Fsp3) is 0. The highest BCUT2D eigenvalue weighted by Crippen LogP contribution is 2.14. The third kappa shape index (κ3) is 2.71. The highest BCUT2D eigenvalue weighted by atomic mass is 32.2. The van der Waals surface area contributed by atoms with Gasteiger partial charge in [-0.15, -0.1) is 0 Å². The summed E-state index contributed by atoms with van der Waals surface area (Å²) >= 11 is 0. The molecule has 0 amide bonds. The monoisotopic (exact) mass is 202 g/mol. The molecule has 0 aliphatic carbocycles. The lowest BCUT2D eigenvalue weighted by Gasteiger charge is -1.96. The van der Waals surface area contributed by atoms with Crippen molar-refractivity contribution in [1.29, 1.82) is 0 Å². The van der Waals surface area contributed by atoms with Crippen molar-refractivity contribution in [1.82, 2.24) is 0 Å². The van der Waals surface area contributed by atoms with Gasteiger partial charge >= 0.3 is 0 Å². The minimum Gasteiger partial charge on any atom is -0.286 e. The van der Waals surface area contributed by atoms with Crippen molar-refractivity contribution in [3.8, 4) is 0 Å². The van der Waals surface area contributed by atoms with Crippen LogP contribution in [0.3, 0.4) is 0 Å². The average Bonchev–Trinajstić information content (AvgIpc) is 2.04. The van der Waals surface area contributed by atoms with E-state index in [2.05, 4.69) is 4.72 Å². The second-order valence-electron chi connectivity index (χ2n) is 2.17. The molecule has 1 aromatic rings. The number of hydrogen-bond acceptors (Lipinski definition) is 4. The minimum absolute atomic E-state index is 0.0772. The number of thiol groups is 1. The van der Waals surface area contributed by atoms with Crippen molar-refractivity contribution in [2.24, 2.45) is 0 Å². The summed E-state index contributed by atoms with van der Waals surface area (Å²) in [7, 11) is -2.72. The molecule has 0 spiro atoms. The molecule has 6 nitrogen and oxygen atoms in total. The van der Waals surface area contributed by atoms with Gasteiger partial charge in [-0.2, -0.15) is 0 Å². The first-order chi connectivity index (χ1) is 6.09. The second kappa shape index (κ2) is 3.85. The molecule has 0 fully saturated rings. The van der Waals surface area contributed by atoms with Crippen LogP contribution in [0.2, 0.25) is 0 Å². The summed E-state index contributed by atoms with van der Waals surface area (Å²) in [6, 6.07) is 5.09. The third-order valence-corrected chi connectivity index (χ3v) is 1.74. The molecule has 0 unspecified atom stereocenters. The zero-order valence-electron chi connectivity index (χ0n) is 6.34. The van der Waals surface area contributed by atoms with E-state index < -0.39 is 15.8 Å². The van der Waals surface area contributed by atoms with Crippen LogP contribution in [0.4, 0.5) is 11.4 Å². The SMILES string of the molecule is O=[N+]([O-])c1ccc(N[SH](=O)=O)cc1. The van der Waals surface area contributed by atoms with Gasteiger partial charge in [0.25, 0.3) is 5.69 Å². The quantitative estimate of drug-likeness (QED) is 0.425. The zero-order chi connectivity index (χ0) is 9.84. The molecule has 1 rings (SSSR count). The van der Waals surface area contributed by atoms with E-state index in [1.165, 1.54) is 24.3 Å². The van der Waals surface area contributed by atoms with Crippen molar-refractivity contribution in [3.05, 3.63) is 34.4 Å². The van der Waals surface area contributed by atoms with E-state index in [0.29, 0.717) is 5.69 Å². The summed E-state index contributed by atoms with van der Waals surface area (Å²) in [4.78, 5) is 9.65. The van der Waals surface area contributed by atoms with Gasteiger partial charge in [-0.3, -0.25) is 14.8 Å². The summed E-state index contributed by atoms with van der Waals surface area (Å²) in [5.74, 6) is 0. The average molecular weight is 202 g/mol. The Hall–Kier alpha value is -1.63. The molecular formula is C6H6N2O4S. The number of nitrogens with one attached hydrogen (secondary N) is 1. The summed E-state index contributed by atoms with van der Waals surface area (Å²) in [5.41, 5.74) is 0.230. The summed E-state index contributed by atoms with van der Waals surface area (Å²) in [6.07, 6.45) is 0. The molecule has 0 heterocycles. The molecule has 13 heavy (non-hydrogen) atoms. The highest BCUT2D eigenvalue weighted by Gasteiger charge is 2.02. The largest absolute Gasteiger partial charge is 0.286 e. The fourth-order valence-corrected chi connectivity index (χ4v) is 1.12. The predicted octanol–water partition coefficient (Wildman–Crippen LogP) is 0.533. The number of rotatable bonds is 3. The Bertz CT molecular complexity index is 376. The molecule has 0 aromatic heterocycles. The first-order valence-corrected chi connectivity index (χ1v) is 4.43. The first-order valence-electron chi connectivity index (χ1n) is 3.25. The van der Waals surface area contributed by atoms with Crippen LogP contribution in [-0.4, -0.2) is 13.3 Å². The summed E-state index contributed by atoms with van der Waals surface area (Å²) in [5, 5.41) is 10.2. The van der Waals surface area contributed by atoms with Gasteiger partial charge in [-0.1, -0.05) is 0 Å². The van der Waals surface area contributed by atoms with E-state index in [9.17, 15) is 18.5 Å². The van der Waals surface area contributed by atoms with E-state index in [1.807, 2.05) is 0 Å². The van der Waals surface area contributed by atoms with Crippen molar-refractivity contribution in [2.45, 2.75) is 0 Å². The van der Waals surface area contributed by atoms with E-state index in [-0.39, 0.29) is 5.69 Å². The Balaban J connectivity index is 2.87. The van der Waals surface area contributed by atoms with E-state index in [0.717, 1.165) is 0 Å². The molecule has 1 aromatic carbocycles. The van der Waals surface area contributed by atoms with Gasteiger partial charge < -0.3 is 0 Å². The maximum Gasteiger partial charge on any atom is 0.269 e. The third-order valence-electron chi connectivity index (χ3n) is 1.30. The normalized spacial score (nSPS) is 9.92. The Labute approximate surface area is 75.4 Å². The minimum atomic E-state index is -2.72. The van der Waals surface area contributed by atoms with Crippen LogP contribution in [0.5, 0.6) is 0 Å². The Morgan fingerprint density at radius 3 is 2.15 bits per heavy atom. The molecular weight excluding hydrogens is 196 g/mol. The van der Waals surface area contributed by atoms with Gasteiger partial charge in [-0.05, 0) is 12.1 Å². The van der Waals surface area contributed by atoms with Gasteiger partial charge in [0.1, 0.15) is 0 Å². The molecule has 0 saturated carbocycles. The van der Waals surface area contributed by atoms with Crippen LogP contribution in [0.15, 0.2) is 24.3 Å². The van der Waals surface area contributed by atoms with Crippen LogP contribution in [-0.2, 0) is 10.9 Å². The van der Waals surface area contributed by atoms with Crippen molar-refractivity contribution < 1.29 is 13.3 Å². The first kappa shape index (κ1) is 9.46. The van der Waals surface area contributed by atoms with Gasteiger partial charge in [0.05, 0.1) is 4.92 Å². The lowest BCUT2D eigenvalue weighted by molar-refractivity contribution is -0.384. The lowest BCUT2D eigenvalue weighted by atomic mass is 10.3. The van der Waals surface area contributed by atoms with E-state index >= 15 is 0 Å². The van der Waals surface area contributed by atoms with Crippen LogP contribution < -0.4 is 4.72 Å². The van der Waals surface area contributed by atoms with Crippen LogP contribution in [0.25, 0.3) is 0 Å². The molecule has 0 radical (unpaired) electrons. The standard InChI is InChI=1S/C6H6N2O4S/c9-8(10)6-3-1-5(2-4-6)7-13(11)12/h1-4,13H,(H,7,11,12). The van der Waals surface area contributed by atoms with Crippen molar-refractivity contribution >= 4 is 22.3 Å². The Morgan fingerprint density at radius 2 is 1.77 bits per heavy atom. The van der Waals surface area contributed by atoms with Crippen LogP contribution in [0.1, 0.15) is 0 Å². The zero-order valence-corrected chi connectivity index (χ0v) is 7.23. The van der Waals surface area contributed by atoms with Gasteiger partial charge in [0.2, 0.25) is 10.9 Å². The molecule has 70 valence electrons. The molecule has 0 bridgehead atoms.